The second-order valence-corrected chi connectivity index (χ2v) is 10.8. The molecule has 3 heterocycles. The first kappa shape index (κ1) is 24.1. The first-order valence-electron chi connectivity index (χ1n) is 12.6. The van der Waals surface area contributed by atoms with Gasteiger partial charge in [-0.2, -0.15) is 0 Å². The number of piperidine rings is 1. The Labute approximate surface area is 211 Å². The molecule has 184 valence electrons. The van der Waals surface area contributed by atoms with Gasteiger partial charge in [0.15, 0.2) is 0 Å². The van der Waals surface area contributed by atoms with E-state index in [0.717, 1.165) is 38.8 Å². The molecule has 0 saturated carbocycles. The van der Waals surface area contributed by atoms with Crippen molar-refractivity contribution in [2.24, 2.45) is 5.92 Å². The number of amides is 2. The first-order valence-corrected chi connectivity index (χ1v) is 13.6. The summed E-state index contributed by atoms with van der Waals surface area (Å²) in [7, 11) is 0. The number of fused-ring (bicyclic) bond motifs is 1. The molecule has 0 bridgehead atoms. The molecule has 0 spiro atoms. The number of hydrogen-bond donors (Lipinski definition) is 3. The van der Waals surface area contributed by atoms with Gasteiger partial charge in [-0.1, -0.05) is 60.2 Å². The predicted octanol–water partition coefficient (Wildman–Crippen LogP) is 3.28. The van der Waals surface area contributed by atoms with E-state index in [2.05, 4.69) is 81.7 Å². The van der Waals surface area contributed by atoms with E-state index in [1.165, 1.54) is 22.3 Å². The van der Waals surface area contributed by atoms with Gasteiger partial charge >= 0.3 is 0 Å². The Kier molecular flexibility index (Phi) is 7.56. The third kappa shape index (κ3) is 5.63. The largest absolute Gasteiger partial charge is 0.356 e. The molecule has 3 N–H and O–H groups in total. The number of carbonyl (C=O) groups is 2. The lowest BCUT2D eigenvalue weighted by atomic mass is 9.94. The number of nitrogens with zero attached hydrogens (tertiary/aromatic N) is 1. The van der Waals surface area contributed by atoms with Crippen molar-refractivity contribution in [3.05, 3.63) is 76.7 Å². The Bertz CT molecular complexity index is 1080. The maximum absolute atomic E-state index is 12.9. The van der Waals surface area contributed by atoms with Crippen molar-refractivity contribution in [2.75, 3.05) is 19.6 Å². The first-order chi connectivity index (χ1) is 17.1. The van der Waals surface area contributed by atoms with Crippen LogP contribution in [-0.4, -0.2) is 53.9 Å². The second-order valence-electron chi connectivity index (χ2n) is 9.75. The van der Waals surface area contributed by atoms with Crippen LogP contribution in [0.4, 0.5) is 0 Å². The highest BCUT2D eigenvalue weighted by molar-refractivity contribution is 8.04. The van der Waals surface area contributed by atoms with Crippen LogP contribution in [0.2, 0.25) is 0 Å². The third-order valence-electron chi connectivity index (χ3n) is 7.26. The zero-order chi connectivity index (χ0) is 24.2. The van der Waals surface area contributed by atoms with Crippen molar-refractivity contribution in [2.45, 2.75) is 50.2 Å². The molecule has 3 aliphatic rings. The molecule has 3 aliphatic heterocycles. The van der Waals surface area contributed by atoms with E-state index in [0.29, 0.717) is 6.54 Å². The van der Waals surface area contributed by atoms with Crippen molar-refractivity contribution in [3.8, 4) is 0 Å². The number of likely N-dealkylation sites (tertiary alicyclic amines) is 1. The summed E-state index contributed by atoms with van der Waals surface area (Å²) < 4.78 is 0. The molecule has 3 unspecified atom stereocenters. The van der Waals surface area contributed by atoms with Gasteiger partial charge in [-0.3, -0.25) is 19.8 Å². The Balaban J connectivity index is 1.11. The Morgan fingerprint density at radius 1 is 1.11 bits per heavy atom. The van der Waals surface area contributed by atoms with E-state index in [9.17, 15) is 9.59 Å². The number of carbonyl (C=O) groups excluding carboxylic acids is 2. The summed E-state index contributed by atoms with van der Waals surface area (Å²) in [6.45, 7) is 4.38. The van der Waals surface area contributed by atoms with E-state index >= 15 is 0 Å². The van der Waals surface area contributed by atoms with Gasteiger partial charge in [-0.15, -0.1) is 11.8 Å². The smallest absolute Gasteiger partial charge is 0.237 e. The number of hydrogen-bond acceptors (Lipinski definition) is 5. The molecule has 0 radical (unpaired) electrons. The van der Waals surface area contributed by atoms with Crippen LogP contribution >= 0.6 is 11.8 Å². The Hall–Kier alpha value is -2.61. The summed E-state index contributed by atoms with van der Waals surface area (Å²) in [6.07, 6.45) is 3.34. The van der Waals surface area contributed by atoms with Crippen LogP contribution in [0, 0.1) is 12.8 Å². The fourth-order valence-electron chi connectivity index (χ4n) is 5.26. The fourth-order valence-corrected chi connectivity index (χ4v) is 6.41. The molecule has 7 heteroatoms. The molecule has 6 nitrogen and oxygen atoms in total. The van der Waals surface area contributed by atoms with Crippen molar-refractivity contribution >= 4 is 29.1 Å². The highest BCUT2D eigenvalue weighted by Crippen LogP contribution is 2.39. The lowest BCUT2D eigenvalue weighted by molar-refractivity contribution is -0.129. The van der Waals surface area contributed by atoms with Crippen LogP contribution in [0.25, 0.3) is 5.57 Å². The normalized spacial score (nSPS) is 25.0. The SMILES string of the molecule is Cc1cccc(C2=CSC3C(=O)NC(N4CCC(C(=O)NCCCc5ccccc5)CC4)NC23)c1. The van der Waals surface area contributed by atoms with Crippen LogP contribution in [0.3, 0.4) is 0 Å². The highest BCUT2D eigenvalue weighted by Gasteiger charge is 2.44. The molecule has 2 amide bonds. The van der Waals surface area contributed by atoms with Crippen molar-refractivity contribution in [1.29, 1.82) is 0 Å². The molecule has 5 rings (SSSR count). The molecular formula is C28H34N4O2S. The van der Waals surface area contributed by atoms with Crippen LogP contribution in [0.1, 0.15) is 36.0 Å². The zero-order valence-corrected chi connectivity index (χ0v) is 21.0. The standard InChI is InChI=1S/C28H34N4O2S/c1-19-7-5-11-22(17-19)23-18-35-25-24(23)30-28(31-27(25)34)32-15-12-21(13-16-32)26(33)29-14-6-10-20-8-3-2-4-9-20/h2-5,7-9,11,17-18,21,24-25,28,30H,6,10,12-16H2,1H3,(H,29,33)(H,31,34). The number of aryl methyl sites for hydroxylation is 2. The highest BCUT2D eigenvalue weighted by atomic mass is 32.2. The fraction of sp³-hybridized carbons (Fsp3) is 0.429. The zero-order valence-electron chi connectivity index (χ0n) is 20.2. The van der Waals surface area contributed by atoms with Crippen LogP contribution in [0.5, 0.6) is 0 Å². The molecule has 2 fully saturated rings. The summed E-state index contributed by atoms with van der Waals surface area (Å²) in [5.74, 6) is 0.288. The van der Waals surface area contributed by atoms with Gasteiger partial charge in [-0.25, -0.2) is 0 Å². The van der Waals surface area contributed by atoms with Crippen LogP contribution in [-0.2, 0) is 16.0 Å². The maximum Gasteiger partial charge on any atom is 0.237 e. The summed E-state index contributed by atoms with van der Waals surface area (Å²) in [5, 5.41) is 12.0. The van der Waals surface area contributed by atoms with Gasteiger partial charge in [0.25, 0.3) is 0 Å². The predicted molar refractivity (Wildman–Crippen MR) is 141 cm³/mol. The number of rotatable bonds is 7. The van der Waals surface area contributed by atoms with Gasteiger partial charge in [0, 0.05) is 25.6 Å². The minimum atomic E-state index is -0.203. The number of benzene rings is 2. The Morgan fingerprint density at radius 2 is 1.91 bits per heavy atom. The molecular weight excluding hydrogens is 456 g/mol. The van der Waals surface area contributed by atoms with Gasteiger partial charge < -0.3 is 10.6 Å². The van der Waals surface area contributed by atoms with E-state index in [-0.39, 0.29) is 35.3 Å². The quantitative estimate of drug-likeness (QED) is 0.520. The third-order valence-corrected chi connectivity index (χ3v) is 8.42. The van der Waals surface area contributed by atoms with E-state index in [1.807, 2.05) is 6.07 Å². The molecule has 35 heavy (non-hydrogen) atoms. The second kappa shape index (κ2) is 11.0. The van der Waals surface area contributed by atoms with E-state index < -0.39 is 0 Å². The van der Waals surface area contributed by atoms with E-state index in [4.69, 9.17) is 0 Å². The Morgan fingerprint density at radius 3 is 2.69 bits per heavy atom. The molecule has 0 aliphatic carbocycles. The van der Waals surface area contributed by atoms with Crippen molar-refractivity contribution in [3.63, 3.8) is 0 Å². The average molecular weight is 491 g/mol. The topological polar surface area (TPSA) is 73.5 Å². The lowest BCUT2D eigenvalue weighted by Crippen LogP contribution is -2.68. The summed E-state index contributed by atoms with van der Waals surface area (Å²) in [6, 6.07) is 18.8. The number of thioether (sulfide) groups is 1. The van der Waals surface area contributed by atoms with Crippen LogP contribution in [0.15, 0.2) is 60.0 Å². The maximum atomic E-state index is 12.9. The van der Waals surface area contributed by atoms with Gasteiger partial charge in [-0.05, 0) is 54.7 Å². The number of nitrogens with one attached hydrogen (secondary N) is 3. The van der Waals surface area contributed by atoms with Gasteiger partial charge in [0.05, 0.1) is 6.04 Å². The van der Waals surface area contributed by atoms with Gasteiger partial charge in [0.1, 0.15) is 11.5 Å². The molecule has 0 aromatic heterocycles. The van der Waals surface area contributed by atoms with Gasteiger partial charge in [0.2, 0.25) is 11.8 Å². The lowest BCUT2D eigenvalue weighted by Gasteiger charge is -2.43. The van der Waals surface area contributed by atoms with Crippen molar-refractivity contribution in [1.82, 2.24) is 20.9 Å². The van der Waals surface area contributed by atoms with Crippen molar-refractivity contribution < 1.29 is 9.59 Å². The minimum Gasteiger partial charge on any atom is -0.356 e. The minimum absolute atomic E-state index is 0.00816. The average Bonchev–Trinajstić information content (AvgIpc) is 3.32. The van der Waals surface area contributed by atoms with E-state index in [1.54, 1.807) is 11.8 Å². The molecule has 2 aromatic rings. The summed E-state index contributed by atoms with van der Waals surface area (Å²) in [5.41, 5.74) is 4.89. The monoisotopic (exact) mass is 490 g/mol. The summed E-state index contributed by atoms with van der Waals surface area (Å²) in [4.78, 5) is 27.9. The summed E-state index contributed by atoms with van der Waals surface area (Å²) >= 11 is 1.60. The molecule has 2 saturated heterocycles. The molecule has 3 atom stereocenters. The molecule has 2 aromatic carbocycles. The van der Waals surface area contributed by atoms with Crippen LogP contribution < -0.4 is 16.0 Å².